The van der Waals surface area contributed by atoms with Gasteiger partial charge in [-0.15, -0.1) is 0 Å². The number of carbonyl (C=O) groups excluding carboxylic acids is 2. The molecule has 0 saturated carbocycles. The molecule has 1 amide bonds. The lowest BCUT2D eigenvalue weighted by Gasteiger charge is -2.19. The van der Waals surface area contributed by atoms with Gasteiger partial charge < -0.3 is 10.1 Å². The Morgan fingerprint density at radius 1 is 1.15 bits per heavy atom. The van der Waals surface area contributed by atoms with E-state index in [0.717, 1.165) is 6.26 Å². The summed E-state index contributed by atoms with van der Waals surface area (Å²) in [5, 5.41) is 3.30. The molecule has 0 aliphatic rings. The molecule has 8 heteroatoms. The second-order valence-corrected chi connectivity index (χ2v) is 8.56. The Bertz CT molecular complexity index is 955. The topological polar surface area (TPSA) is 89.5 Å². The third kappa shape index (κ3) is 5.55. The minimum absolute atomic E-state index is 0.0502. The van der Waals surface area contributed by atoms with E-state index in [-0.39, 0.29) is 16.9 Å². The van der Waals surface area contributed by atoms with E-state index in [2.05, 4.69) is 5.32 Å². The van der Waals surface area contributed by atoms with E-state index in [1.165, 1.54) is 19.2 Å². The molecule has 27 heavy (non-hydrogen) atoms. The van der Waals surface area contributed by atoms with Crippen LogP contribution in [0.15, 0.2) is 47.4 Å². The number of hydrogen-bond acceptors (Lipinski definition) is 5. The van der Waals surface area contributed by atoms with Crippen LogP contribution in [0.4, 0.5) is 0 Å². The number of ether oxygens (including phenoxy) is 1. The number of hydrogen-bond donors (Lipinski definition) is 1. The largest absolute Gasteiger partial charge is 0.469 e. The fourth-order valence-corrected chi connectivity index (χ4v) is 3.28. The zero-order valence-corrected chi connectivity index (χ0v) is 16.7. The van der Waals surface area contributed by atoms with Gasteiger partial charge >= 0.3 is 5.97 Å². The van der Waals surface area contributed by atoms with Gasteiger partial charge in [-0.05, 0) is 42.3 Å². The zero-order valence-electron chi connectivity index (χ0n) is 15.2. The SMILES string of the molecule is COC(=O)CC(NC(=O)c1cc(S(C)(=O)=O)ccc1C)c1ccc(Cl)cc1. The van der Waals surface area contributed by atoms with Gasteiger partial charge in [0, 0.05) is 16.8 Å². The highest BCUT2D eigenvalue weighted by Gasteiger charge is 2.21. The van der Waals surface area contributed by atoms with Crippen molar-refractivity contribution >= 4 is 33.3 Å². The second-order valence-electron chi connectivity index (χ2n) is 6.11. The molecule has 0 spiro atoms. The molecule has 0 saturated heterocycles. The summed E-state index contributed by atoms with van der Waals surface area (Å²) in [5.41, 5.74) is 1.52. The van der Waals surface area contributed by atoms with Crippen LogP contribution in [0, 0.1) is 6.92 Å². The van der Waals surface area contributed by atoms with Crippen molar-refractivity contribution in [1.29, 1.82) is 0 Å². The van der Waals surface area contributed by atoms with Crippen molar-refractivity contribution in [1.82, 2.24) is 5.32 Å². The highest BCUT2D eigenvalue weighted by Crippen LogP contribution is 2.22. The number of methoxy groups -OCH3 is 1. The van der Waals surface area contributed by atoms with E-state index in [9.17, 15) is 18.0 Å². The summed E-state index contributed by atoms with van der Waals surface area (Å²) < 4.78 is 28.3. The molecule has 144 valence electrons. The summed E-state index contributed by atoms with van der Waals surface area (Å²) >= 11 is 5.90. The molecule has 0 aliphatic heterocycles. The van der Waals surface area contributed by atoms with Gasteiger partial charge in [-0.25, -0.2) is 8.42 Å². The molecule has 1 atom stereocenters. The molecule has 0 heterocycles. The smallest absolute Gasteiger partial charge is 0.307 e. The number of rotatable bonds is 6. The van der Waals surface area contributed by atoms with Crippen LogP contribution in [-0.4, -0.2) is 33.7 Å². The Morgan fingerprint density at radius 3 is 2.33 bits per heavy atom. The van der Waals surface area contributed by atoms with Crippen molar-refractivity contribution in [2.75, 3.05) is 13.4 Å². The number of halogens is 1. The molecule has 2 aromatic carbocycles. The lowest BCUT2D eigenvalue weighted by atomic mass is 10.0. The minimum atomic E-state index is -3.45. The second kappa shape index (κ2) is 8.54. The Hall–Kier alpha value is -2.38. The van der Waals surface area contributed by atoms with Crippen molar-refractivity contribution in [2.24, 2.45) is 0 Å². The standard InChI is InChI=1S/C19H20ClNO5S/c1-12-4-9-15(27(3,24)25)10-16(12)19(23)21-17(11-18(22)26-2)13-5-7-14(20)8-6-13/h4-10,17H,11H2,1-3H3,(H,21,23). The van der Waals surface area contributed by atoms with Crippen molar-refractivity contribution < 1.29 is 22.7 Å². The first-order valence-electron chi connectivity index (χ1n) is 8.05. The number of nitrogens with one attached hydrogen (secondary N) is 1. The Morgan fingerprint density at radius 2 is 1.78 bits per heavy atom. The molecule has 2 rings (SSSR count). The van der Waals surface area contributed by atoms with Gasteiger partial charge in [0.15, 0.2) is 9.84 Å². The van der Waals surface area contributed by atoms with E-state index in [1.807, 2.05) is 0 Å². The molecule has 6 nitrogen and oxygen atoms in total. The Balaban J connectivity index is 2.35. The highest BCUT2D eigenvalue weighted by molar-refractivity contribution is 7.90. The zero-order chi connectivity index (χ0) is 20.2. The van der Waals surface area contributed by atoms with Crippen LogP contribution in [0.5, 0.6) is 0 Å². The molecular formula is C19H20ClNO5S. The van der Waals surface area contributed by atoms with Crippen LogP contribution in [0.25, 0.3) is 0 Å². The van der Waals surface area contributed by atoms with Gasteiger partial charge in [-0.2, -0.15) is 0 Å². The lowest BCUT2D eigenvalue weighted by Crippen LogP contribution is -2.31. The number of aryl methyl sites for hydroxylation is 1. The monoisotopic (exact) mass is 409 g/mol. The summed E-state index contributed by atoms with van der Waals surface area (Å²) in [4.78, 5) is 24.6. The Labute approximate surface area is 163 Å². The molecule has 0 fully saturated rings. The van der Waals surface area contributed by atoms with Crippen LogP contribution in [-0.2, 0) is 19.4 Å². The first kappa shape index (κ1) is 20.9. The fourth-order valence-electron chi connectivity index (χ4n) is 2.51. The van der Waals surface area contributed by atoms with E-state index in [1.54, 1.807) is 37.3 Å². The third-order valence-corrected chi connectivity index (χ3v) is 5.42. The summed E-state index contributed by atoms with van der Waals surface area (Å²) in [6.45, 7) is 1.71. The van der Waals surface area contributed by atoms with Gasteiger partial charge in [-0.1, -0.05) is 29.8 Å². The molecule has 1 unspecified atom stereocenters. The van der Waals surface area contributed by atoms with Crippen LogP contribution in [0.2, 0.25) is 5.02 Å². The van der Waals surface area contributed by atoms with Crippen LogP contribution in [0.3, 0.4) is 0 Å². The molecule has 1 N–H and O–H groups in total. The third-order valence-electron chi connectivity index (χ3n) is 4.06. The van der Waals surface area contributed by atoms with Crippen molar-refractivity contribution in [2.45, 2.75) is 24.3 Å². The summed E-state index contributed by atoms with van der Waals surface area (Å²) in [6.07, 6.45) is 1.00. The Kier molecular flexibility index (Phi) is 6.62. The first-order chi connectivity index (χ1) is 12.6. The predicted octanol–water partition coefficient (Wildman–Crippen LogP) is 3.09. The molecular weight excluding hydrogens is 390 g/mol. The van der Waals surface area contributed by atoms with E-state index < -0.39 is 27.8 Å². The number of esters is 1. The minimum Gasteiger partial charge on any atom is -0.469 e. The molecule has 0 aromatic heterocycles. The molecule has 0 radical (unpaired) electrons. The maximum atomic E-state index is 12.8. The maximum absolute atomic E-state index is 12.8. The number of amides is 1. The molecule has 0 bridgehead atoms. The van der Waals surface area contributed by atoms with Gasteiger partial charge in [0.05, 0.1) is 24.5 Å². The van der Waals surface area contributed by atoms with Crippen LogP contribution >= 0.6 is 11.6 Å². The van der Waals surface area contributed by atoms with E-state index in [0.29, 0.717) is 16.1 Å². The lowest BCUT2D eigenvalue weighted by molar-refractivity contribution is -0.141. The van der Waals surface area contributed by atoms with Gasteiger partial charge in [0.25, 0.3) is 5.91 Å². The highest BCUT2D eigenvalue weighted by atomic mass is 35.5. The van der Waals surface area contributed by atoms with Crippen molar-refractivity contribution in [3.8, 4) is 0 Å². The van der Waals surface area contributed by atoms with E-state index >= 15 is 0 Å². The average molecular weight is 410 g/mol. The van der Waals surface area contributed by atoms with Crippen LogP contribution < -0.4 is 5.32 Å². The normalized spacial score (nSPS) is 12.3. The quantitative estimate of drug-likeness (QED) is 0.740. The summed E-state index contributed by atoms with van der Waals surface area (Å²) in [5.74, 6) is -0.973. The number of sulfone groups is 1. The van der Waals surface area contributed by atoms with Crippen molar-refractivity contribution in [3.05, 3.63) is 64.2 Å². The maximum Gasteiger partial charge on any atom is 0.307 e. The molecule has 0 aliphatic carbocycles. The average Bonchev–Trinajstić information content (AvgIpc) is 2.60. The van der Waals surface area contributed by atoms with E-state index in [4.69, 9.17) is 16.3 Å². The summed E-state index contributed by atoms with van der Waals surface area (Å²) in [6, 6.07) is 10.4. The van der Waals surface area contributed by atoms with Gasteiger partial charge in [0.1, 0.15) is 0 Å². The molecule has 2 aromatic rings. The predicted molar refractivity (Wildman–Crippen MR) is 103 cm³/mol. The summed E-state index contributed by atoms with van der Waals surface area (Å²) in [7, 11) is -2.19. The van der Waals surface area contributed by atoms with Gasteiger partial charge in [0.2, 0.25) is 0 Å². The number of benzene rings is 2. The first-order valence-corrected chi connectivity index (χ1v) is 10.3. The number of carbonyl (C=O) groups is 2. The van der Waals surface area contributed by atoms with Crippen LogP contribution in [0.1, 0.15) is 33.9 Å². The van der Waals surface area contributed by atoms with Crippen molar-refractivity contribution in [3.63, 3.8) is 0 Å². The van der Waals surface area contributed by atoms with Gasteiger partial charge in [-0.3, -0.25) is 9.59 Å². The fraction of sp³-hybridized carbons (Fsp3) is 0.263.